The van der Waals surface area contributed by atoms with E-state index in [9.17, 15) is 9.90 Å². The van der Waals surface area contributed by atoms with Crippen molar-refractivity contribution in [3.63, 3.8) is 0 Å². The minimum atomic E-state index is -0.606. The molecule has 3 rings (SSSR count). The molecule has 134 valence electrons. The predicted molar refractivity (Wildman–Crippen MR) is 102 cm³/mol. The van der Waals surface area contributed by atoms with E-state index in [1.807, 2.05) is 0 Å². The lowest BCUT2D eigenvalue weighted by molar-refractivity contribution is -0.138. The Morgan fingerprint density at radius 2 is 2.04 bits per heavy atom. The number of carbonyl (C=O) groups excluding carboxylic acids is 1. The van der Waals surface area contributed by atoms with Crippen molar-refractivity contribution in [2.24, 2.45) is 4.99 Å². The molecule has 2 aromatic rings. The third-order valence-corrected chi connectivity index (χ3v) is 4.46. The molecule has 0 saturated heterocycles. The first-order chi connectivity index (χ1) is 12.4. The Balaban J connectivity index is 1.91. The van der Waals surface area contributed by atoms with Crippen LogP contribution >= 0.6 is 23.2 Å². The summed E-state index contributed by atoms with van der Waals surface area (Å²) in [6, 6.07) is 8.67. The average Bonchev–Trinajstić information content (AvgIpc) is 3.16. The first kappa shape index (κ1) is 18.3. The number of benzene rings is 1. The smallest absolute Gasteiger partial charge is 0.343 e. The molecule has 0 saturated carbocycles. The summed E-state index contributed by atoms with van der Waals surface area (Å²) in [7, 11) is 0. The molecule has 0 spiro atoms. The number of furan rings is 1. The zero-order chi connectivity index (χ0) is 18.8. The van der Waals surface area contributed by atoms with Crippen molar-refractivity contribution in [2.75, 3.05) is 6.61 Å². The number of carbonyl (C=O) groups is 1. The van der Waals surface area contributed by atoms with Gasteiger partial charge in [-0.1, -0.05) is 23.2 Å². The first-order valence-electron chi connectivity index (χ1n) is 7.84. The highest BCUT2D eigenvalue weighted by atomic mass is 35.5. The SMILES string of the molecule is CCOC(=O)C1=C(O)/C(=C\c2ccc(-c3ccc(Cl)c(Cl)c3)o2)N=C1C. The van der Waals surface area contributed by atoms with Crippen LogP contribution in [0.2, 0.25) is 10.0 Å². The van der Waals surface area contributed by atoms with Crippen molar-refractivity contribution < 1.29 is 19.1 Å². The maximum absolute atomic E-state index is 11.9. The molecule has 0 aliphatic carbocycles. The predicted octanol–water partition coefficient (Wildman–Crippen LogP) is 5.44. The van der Waals surface area contributed by atoms with E-state index in [0.29, 0.717) is 27.3 Å². The molecule has 0 unspecified atom stereocenters. The van der Waals surface area contributed by atoms with E-state index in [2.05, 4.69) is 4.99 Å². The molecule has 1 aromatic heterocycles. The van der Waals surface area contributed by atoms with E-state index in [-0.39, 0.29) is 23.6 Å². The molecule has 0 fully saturated rings. The van der Waals surface area contributed by atoms with E-state index >= 15 is 0 Å². The van der Waals surface area contributed by atoms with Gasteiger partial charge in [0.05, 0.1) is 22.4 Å². The summed E-state index contributed by atoms with van der Waals surface area (Å²) in [6.07, 6.45) is 1.55. The number of esters is 1. The van der Waals surface area contributed by atoms with E-state index < -0.39 is 5.97 Å². The molecule has 1 N–H and O–H groups in total. The Bertz CT molecular complexity index is 970. The number of aliphatic hydroxyl groups is 1. The van der Waals surface area contributed by atoms with Gasteiger partial charge in [0.1, 0.15) is 22.8 Å². The standard InChI is InChI=1S/C19H15Cl2NO4/c1-3-25-19(24)17-10(2)22-15(18(17)23)9-12-5-7-16(26-12)11-4-6-13(20)14(21)8-11/h4-9,23H,3H2,1-2H3/b15-9+. The van der Waals surface area contributed by atoms with Crippen molar-refractivity contribution in [1.29, 1.82) is 0 Å². The average molecular weight is 392 g/mol. The van der Waals surface area contributed by atoms with Gasteiger partial charge in [0.25, 0.3) is 0 Å². The number of rotatable bonds is 4. The summed E-state index contributed by atoms with van der Waals surface area (Å²) in [5.41, 5.74) is 1.46. The lowest BCUT2D eigenvalue weighted by Gasteiger charge is -2.02. The summed E-state index contributed by atoms with van der Waals surface area (Å²) >= 11 is 11.9. The summed E-state index contributed by atoms with van der Waals surface area (Å²) in [5, 5.41) is 11.2. The van der Waals surface area contributed by atoms with Crippen molar-refractivity contribution in [3.05, 3.63) is 63.2 Å². The highest BCUT2D eigenvalue weighted by Crippen LogP contribution is 2.31. The van der Waals surface area contributed by atoms with Crippen LogP contribution < -0.4 is 0 Å². The zero-order valence-electron chi connectivity index (χ0n) is 14.0. The molecule has 1 aromatic carbocycles. The molecule has 1 aliphatic heterocycles. The van der Waals surface area contributed by atoms with E-state index in [1.165, 1.54) is 0 Å². The number of nitrogens with zero attached hydrogens (tertiary/aromatic N) is 1. The quantitative estimate of drug-likeness (QED) is 0.703. The number of aliphatic hydroxyl groups excluding tert-OH is 1. The van der Waals surface area contributed by atoms with Crippen LogP contribution in [0.25, 0.3) is 17.4 Å². The van der Waals surface area contributed by atoms with Gasteiger partial charge in [-0.15, -0.1) is 0 Å². The second-order valence-electron chi connectivity index (χ2n) is 5.50. The zero-order valence-corrected chi connectivity index (χ0v) is 15.6. The van der Waals surface area contributed by atoms with Crippen LogP contribution in [0.4, 0.5) is 0 Å². The maximum atomic E-state index is 11.9. The largest absolute Gasteiger partial charge is 0.505 e. The van der Waals surface area contributed by atoms with Gasteiger partial charge in [-0.05, 0) is 44.2 Å². The van der Waals surface area contributed by atoms with Gasteiger partial charge in [0, 0.05) is 11.6 Å². The Labute approximate surface area is 160 Å². The van der Waals surface area contributed by atoms with Crippen LogP contribution in [0.1, 0.15) is 19.6 Å². The molecule has 0 radical (unpaired) electrons. The number of ether oxygens (including phenoxy) is 1. The number of halogens is 2. The molecular weight excluding hydrogens is 377 g/mol. The topological polar surface area (TPSA) is 72.0 Å². The Morgan fingerprint density at radius 1 is 1.27 bits per heavy atom. The fourth-order valence-corrected chi connectivity index (χ4v) is 2.81. The van der Waals surface area contributed by atoms with Gasteiger partial charge >= 0.3 is 5.97 Å². The van der Waals surface area contributed by atoms with Crippen LogP contribution in [0, 0.1) is 0 Å². The summed E-state index contributed by atoms with van der Waals surface area (Å²) in [4.78, 5) is 16.1. The first-order valence-corrected chi connectivity index (χ1v) is 8.59. The lowest BCUT2D eigenvalue weighted by Crippen LogP contribution is -2.13. The third kappa shape index (κ3) is 3.54. The monoisotopic (exact) mass is 391 g/mol. The van der Waals surface area contributed by atoms with Crippen LogP contribution in [0.15, 0.2) is 56.8 Å². The van der Waals surface area contributed by atoms with Gasteiger partial charge in [-0.2, -0.15) is 0 Å². The van der Waals surface area contributed by atoms with Gasteiger partial charge < -0.3 is 14.3 Å². The Hall–Kier alpha value is -2.50. The summed E-state index contributed by atoms with van der Waals surface area (Å²) < 4.78 is 10.7. The van der Waals surface area contributed by atoms with Crippen molar-refractivity contribution >= 4 is 41.0 Å². The van der Waals surface area contributed by atoms with Crippen LogP contribution in [0.5, 0.6) is 0 Å². The van der Waals surface area contributed by atoms with Crippen molar-refractivity contribution in [3.8, 4) is 11.3 Å². The molecule has 1 aliphatic rings. The number of hydrogen-bond donors (Lipinski definition) is 1. The normalized spacial score (nSPS) is 15.5. The second kappa shape index (κ2) is 7.40. The number of hydrogen-bond acceptors (Lipinski definition) is 5. The highest BCUT2D eigenvalue weighted by molar-refractivity contribution is 6.42. The molecule has 5 nitrogen and oxygen atoms in total. The summed E-state index contributed by atoms with van der Waals surface area (Å²) in [5.74, 6) is 0.219. The van der Waals surface area contributed by atoms with Gasteiger partial charge in [-0.3, -0.25) is 0 Å². The minimum absolute atomic E-state index is 0.0642. The Morgan fingerprint density at radius 3 is 2.73 bits per heavy atom. The van der Waals surface area contributed by atoms with Crippen LogP contribution in [0.3, 0.4) is 0 Å². The fourth-order valence-electron chi connectivity index (χ4n) is 2.51. The minimum Gasteiger partial charge on any atom is -0.505 e. The van der Waals surface area contributed by atoms with E-state index in [0.717, 1.165) is 5.56 Å². The third-order valence-electron chi connectivity index (χ3n) is 3.72. The molecule has 26 heavy (non-hydrogen) atoms. The van der Waals surface area contributed by atoms with E-state index in [4.69, 9.17) is 32.4 Å². The van der Waals surface area contributed by atoms with Crippen LogP contribution in [-0.4, -0.2) is 23.4 Å². The highest BCUT2D eigenvalue weighted by Gasteiger charge is 2.27. The maximum Gasteiger partial charge on any atom is 0.343 e. The Kier molecular flexibility index (Phi) is 5.20. The van der Waals surface area contributed by atoms with Crippen molar-refractivity contribution in [2.45, 2.75) is 13.8 Å². The molecule has 0 bridgehead atoms. The lowest BCUT2D eigenvalue weighted by atomic mass is 10.1. The molecule has 0 amide bonds. The second-order valence-corrected chi connectivity index (χ2v) is 6.32. The van der Waals surface area contributed by atoms with Gasteiger partial charge in [-0.25, -0.2) is 9.79 Å². The van der Waals surface area contributed by atoms with E-state index in [1.54, 1.807) is 50.3 Å². The molecule has 0 atom stereocenters. The number of aliphatic imine (C=N–C) groups is 1. The fraction of sp³-hybridized carbons (Fsp3) is 0.158. The van der Waals surface area contributed by atoms with Gasteiger partial charge in [0.2, 0.25) is 0 Å². The van der Waals surface area contributed by atoms with Gasteiger partial charge in [0.15, 0.2) is 5.76 Å². The molecule has 7 heteroatoms. The van der Waals surface area contributed by atoms with Crippen molar-refractivity contribution in [1.82, 2.24) is 0 Å². The molecule has 2 heterocycles. The molecular formula is C19H15Cl2NO4. The summed E-state index contributed by atoms with van der Waals surface area (Å²) in [6.45, 7) is 3.54. The van der Waals surface area contributed by atoms with Crippen LogP contribution in [-0.2, 0) is 9.53 Å².